The number of likely N-dealkylation sites (N-methyl/N-ethyl adjacent to an activating group) is 1. The maximum Gasteiger partial charge on any atom is 0.239 e. The van der Waals surface area contributed by atoms with Gasteiger partial charge in [-0.15, -0.1) is 0 Å². The molecule has 2 aliphatic heterocycles. The van der Waals surface area contributed by atoms with Gasteiger partial charge in [0.1, 0.15) is 11.9 Å². The summed E-state index contributed by atoms with van der Waals surface area (Å²) >= 11 is 0. The molecular formula is C22H33FN4O2. The lowest BCUT2D eigenvalue weighted by molar-refractivity contribution is -0.131. The monoisotopic (exact) mass is 404 g/mol. The normalized spacial score (nSPS) is 25.4. The van der Waals surface area contributed by atoms with Crippen molar-refractivity contribution in [3.63, 3.8) is 0 Å². The van der Waals surface area contributed by atoms with E-state index >= 15 is 0 Å². The molecular weight excluding hydrogens is 371 g/mol. The minimum atomic E-state index is -0.248. The van der Waals surface area contributed by atoms with Crippen molar-refractivity contribution in [2.75, 3.05) is 33.2 Å². The number of nitrogens with zero attached hydrogens (tertiary/aromatic N) is 3. The van der Waals surface area contributed by atoms with Crippen molar-refractivity contribution in [2.45, 2.75) is 57.8 Å². The highest BCUT2D eigenvalue weighted by Crippen LogP contribution is 2.28. The molecule has 2 amide bonds. The van der Waals surface area contributed by atoms with E-state index in [4.69, 9.17) is 0 Å². The van der Waals surface area contributed by atoms with Crippen molar-refractivity contribution in [1.82, 2.24) is 20.0 Å². The van der Waals surface area contributed by atoms with Gasteiger partial charge in [-0.3, -0.25) is 19.4 Å². The summed E-state index contributed by atoms with van der Waals surface area (Å²) in [6.45, 7) is 7.49. The fourth-order valence-electron chi connectivity index (χ4n) is 4.68. The average molecular weight is 405 g/mol. The Labute approximate surface area is 173 Å². The molecule has 29 heavy (non-hydrogen) atoms. The van der Waals surface area contributed by atoms with Crippen LogP contribution in [-0.4, -0.2) is 77.9 Å². The van der Waals surface area contributed by atoms with Crippen LogP contribution in [0, 0.1) is 5.82 Å². The van der Waals surface area contributed by atoms with Crippen molar-refractivity contribution in [3.8, 4) is 0 Å². The first kappa shape index (κ1) is 21.7. The third-order valence-corrected chi connectivity index (χ3v) is 6.46. The fourth-order valence-corrected chi connectivity index (χ4v) is 4.68. The number of nitrogens with one attached hydrogen (secondary N) is 1. The van der Waals surface area contributed by atoms with Crippen molar-refractivity contribution in [2.24, 2.45) is 0 Å². The number of hydrogen-bond acceptors (Lipinski definition) is 4. The van der Waals surface area contributed by atoms with Crippen LogP contribution in [0.2, 0.25) is 0 Å². The Morgan fingerprint density at radius 3 is 2.59 bits per heavy atom. The van der Waals surface area contributed by atoms with Crippen molar-refractivity contribution in [1.29, 1.82) is 0 Å². The first-order valence-electron chi connectivity index (χ1n) is 10.7. The minimum absolute atomic E-state index is 0.0547. The van der Waals surface area contributed by atoms with E-state index in [0.717, 1.165) is 38.0 Å². The SMILES string of the molecule is CCN(CC)C(=O)CCC1CNC(=O)C2C(CCN2Cc2ccc(F)cc2)N1C. The van der Waals surface area contributed by atoms with E-state index in [2.05, 4.69) is 22.2 Å². The predicted octanol–water partition coefficient (Wildman–Crippen LogP) is 1.85. The van der Waals surface area contributed by atoms with E-state index in [1.54, 1.807) is 12.1 Å². The maximum absolute atomic E-state index is 13.2. The summed E-state index contributed by atoms with van der Waals surface area (Å²) in [6.07, 6.45) is 2.16. The molecule has 1 aromatic carbocycles. The lowest BCUT2D eigenvalue weighted by Crippen LogP contribution is -2.49. The summed E-state index contributed by atoms with van der Waals surface area (Å²) in [6, 6.07) is 6.56. The van der Waals surface area contributed by atoms with Crippen LogP contribution in [0.25, 0.3) is 0 Å². The zero-order valence-corrected chi connectivity index (χ0v) is 17.7. The fraction of sp³-hybridized carbons (Fsp3) is 0.636. The van der Waals surface area contributed by atoms with Gasteiger partial charge < -0.3 is 10.2 Å². The number of halogens is 1. The van der Waals surface area contributed by atoms with Crippen LogP contribution in [0.15, 0.2) is 24.3 Å². The number of hydrogen-bond donors (Lipinski definition) is 1. The molecule has 160 valence electrons. The standard InChI is InChI=1S/C22H33FN4O2/c1-4-26(5-2)20(28)11-10-18-14-24-22(29)21-19(25(18)3)12-13-27(21)15-16-6-8-17(23)9-7-16/h6-9,18-19,21H,4-5,10-15H2,1-3H3,(H,24,29). The summed E-state index contributed by atoms with van der Waals surface area (Å²) in [5.41, 5.74) is 1.01. The first-order chi connectivity index (χ1) is 13.9. The highest BCUT2D eigenvalue weighted by atomic mass is 19.1. The smallest absolute Gasteiger partial charge is 0.239 e. The number of fused-ring (bicyclic) bond motifs is 1. The van der Waals surface area contributed by atoms with Crippen LogP contribution in [-0.2, 0) is 16.1 Å². The Bertz CT molecular complexity index is 707. The topological polar surface area (TPSA) is 55.9 Å². The molecule has 0 bridgehead atoms. The summed E-state index contributed by atoms with van der Waals surface area (Å²) in [7, 11) is 2.08. The van der Waals surface area contributed by atoms with Crippen LogP contribution in [0.3, 0.4) is 0 Å². The number of carbonyl (C=O) groups is 2. The molecule has 0 aliphatic carbocycles. The Hall–Kier alpha value is -1.99. The van der Waals surface area contributed by atoms with Gasteiger partial charge in [0.05, 0.1) is 0 Å². The van der Waals surface area contributed by atoms with E-state index in [1.807, 2.05) is 18.7 Å². The largest absolute Gasteiger partial charge is 0.353 e. The first-order valence-corrected chi connectivity index (χ1v) is 10.7. The van der Waals surface area contributed by atoms with Gasteiger partial charge >= 0.3 is 0 Å². The quantitative estimate of drug-likeness (QED) is 0.754. The Morgan fingerprint density at radius 2 is 1.93 bits per heavy atom. The molecule has 1 N–H and O–H groups in total. The maximum atomic E-state index is 13.2. The highest BCUT2D eigenvalue weighted by Gasteiger charge is 2.44. The van der Waals surface area contributed by atoms with Crippen molar-refractivity contribution >= 4 is 11.8 Å². The molecule has 3 atom stereocenters. The molecule has 0 saturated carbocycles. The van der Waals surface area contributed by atoms with Crippen LogP contribution in [0.5, 0.6) is 0 Å². The lowest BCUT2D eigenvalue weighted by atomic mass is 10.0. The zero-order valence-electron chi connectivity index (χ0n) is 17.7. The predicted molar refractivity (Wildman–Crippen MR) is 111 cm³/mol. The van der Waals surface area contributed by atoms with E-state index in [1.165, 1.54) is 12.1 Å². The third kappa shape index (κ3) is 4.95. The molecule has 6 nitrogen and oxygen atoms in total. The molecule has 0 radical (unpaired) electrons. The average Bonchev–Trinajstić information content (AvgIpc) is 3.08. The van der Waals surface area contributed by atoms with Crippen molar-refractivity contribution in [3.05, 3.63) is 35.6 Å². The highest BCUT2D eigenvalue weighted by molar-refractivity contribution is 5.83. The van der Waals surface area contributed by atoms with Gasteiger partial charge in [-0.1, -0.05) is 12.1 Å². The molecule has 2 heterocycles. The summed E-state index contributed by atoms with van der Waals surface area (Å²) in [5, 5.41) is 3.10. The Morgan fingerprint density at radius 1 is 1.24 bits per heavy atom. The Kier molecular flexibility index (Phi) is 7.24. The van der Waals surface area contributed by atoms with Crippen LogP contribution in [0.4, 0.5) is 4.39 Å². The van der Waals surface area contributed by atoms with Gasteiger partial charge in [0.15, 0.2) is 0 Å². The van der Waals surface area contributed by atoms with Gasteiger partial charge in [0.2, 0.25) is 11.8 Å². The van der Waals surface area contributed by atoms with Gasteiger partial charge in [-0.25, -0.2) is 4.39 Å². The molecule has 3 unspecified atom stereocenters. The second-order valence-electron chi connectivity index (χ2n) is 8.07. The molecule has 2 fully saturated rings. The zero-order chi connectivity index (χ0) is 21.0. The third-order valence-electron chi connectivity index (χ3n) is 6.46. The number of benzene rings is 1. The molecule has 1 aromatic rings. The van der Waals surface area contributed by atoms with Gasteiger partial charge in [0, 0.05) is 51.2 Å². The van der Waals surface area contributed by atoms with Gasteiger partial charge in [-0.05, 0) is 51.4 Å². The minimum Gasteiger partial charge on any atom is -0.353 e. The Balaban J connectivity index is 1.64. The number of likely N-dealkylation sites (tertiary alicyclic amines) is 1. The molecule has 2 saturated heterocycles. The van der Waals surface area contributed by atoms with E-state index < -0.39 is 0 Å². The lowest BCUT2D eigenvalue weighted by Gasteiger charge is -2.33. The molecule has 7 heteroatoms. The second-order valence-corrected chi connectivity index (χ2v) is 8.07. The number of rotatable bonds is 7. The molecule has 0 spiro atoms. The van der Waals surface area contributed by atoms with E-state index in [-0.39, 0.29) is 35.8 Å². The van der Waals surface area contributed by atoms with Gasteiger partial charge in [-0.2, -0.15) is 0 Å². The van der Waals surface area contributed by atoms with E-state index in [0.29, 0.717) is 19.5 Å². The summed E-state index contributed by atoms with van der Waals surface area (Å²) in [5.74, 6) is -0.0130. The molecule has 0 aromatic heterocycles. The van der Waals surface area contributed by atoms with Crippen LogP contribution in [0.1, 0.15) is 38.7 Å². The molecule has 2 aliphatic rings. The number of amides is 2. The second kappa shape index (κ2) is 9.67. The van der Waals surface area contributed by atoms with E-state index in [9.17, 15) is 14.0 Å². The number of carbonyl (C=O) groups excluding carboxylic acids is 2. The molecule has 3 rings (SSSR count). The van der Waals surface area contributed by atoms with Gasteiger partial charge in [0.25, 0.3) is 0 Å². The van der Waals surface area contributed by atoms with Crippen LogP contribution >= 0.6 is 0 Å². The van der Waals surface area contributed by atoms with Crippen LogP contribution < -0.4 is 5.32 Å². The summed E-state index contributed by atoms with van der Waals surface area (Å²) in [4.78, 5) is 31.6. The summed E-state index contributed by atoms with van der Waals surface area (Å²) < 4.78 is 13.2. The van der Waals surface area contributed by atoms with Crippen molar-refractivity contribution < 1.29 is 14.0 Å².